The minimum atomic E-state index is -1.14. The SMILES string of the molecule is CCCCCCCCC=CCCCCCCCCNc1ccc(CC(=O)OC(C)C(=O)O)cc1. The minimum absolute atomic E-state index is 0.0762. The van der Waals surface area contributed by atoms with Crippen molar-refractivity contribution in [2.24, 2.45) is 0 Å². The van der Waals surface area contributed by atoms with Gasteiger partial charge in [-0.1, -0.05) is 89.0 Å². The summed E-state index contributed by atoms with van der Waals surface area (Å²) in [5.41, 5.74) is 1.84. The van der Waals surface area contributed by atoms with Gasteiger partial charge in [0, 0.05) is 12.2 Å². The summed E-state index contributed by atoms with van der Waals surface area (Å²) in [5, 5.41) is 12.2. The lowest BCUT2D eigenvalue weighted by Gasteiger charge is -2.10. The van der Waals surface area contributed by atoms with Gasteiger partial charge in [-0.15, -0.1) is 0 Å². The van der Waals surface area contributed by atoms with E-state index in [9.17, 15) is 9.59 Å². The van der Waals surface area contributed by atoms with E-state index in [0.29, 0.717) is 0 Å². The number of aliphatic carboxylic acids is 1. The standard InChI is InChI=1S/C29H47NO4/c1-3-4-5-6-7-8-9-10-11-12-13-14-15-16-17-18-23-30-27-21-19-26(20-22-27)24-28(31)34-25(2)29(32)33/h10-11,19-22,25,30H,3-9,12-18,23-24H2,1-2H3,(H,32,33). The summed E-state index contributed by atoms with van der Waals surface area (Å²) in [4.78, 5) is 22.5. The molecule has 5 nitrogen and oxygen atoms in total. The molecular formula is C29H47NO4. The number of allylic oxidation sites excluding steroid dienone is 2. The third-order valence-electron chi connectivity index (χ3n) is 5.98. The lowest BCUT2D eigenvalue weighted by Crippen LogP contribution is -2.24. The second-order valence-corrected chi connectivity index (χ2v) is 9.21. The van der Waals surface area contributed by atoms with Crippen LogP contribution in [-0.2, 0) is 20.7 Å². The summed E-state index contributed by atoms with van der Waals surface area (Å²) in [6.45, 7) is 4.56. The Morgan fingerprint density at radius 3 is 1.94 bits per heavy atom. The van der Waals surface area contributed by atoms with Crippen LogP contribution in [0.15, 0.2) is 36.4 Å². The third kappa shape index (κ3) is 16.3. The number of unbranched alkanes of at least 4 members (excludes halogenated alkanes) is 12. The molecule has 1 rings (SSSR count). The molecule has 0 aliphatic carbocycles. The first kappa shape index (κ1) is 29.7. The van der Waals surface area contributed by atoms with Crippen LogP contribution in [0.25, 0.3) is 0 Å². The molecule has 0 radical (unpaired) electrons. The normalized spacial score (nSPS) is 12.1. The van der Waals surface area contributed by atoms with Crippen molar-refractivity contribution in [3.05, 3.63) is 42.0 Å². The maximum Gasteiger partial charge on any atom is 0.344 e. The highest BCUT2D eigenvalue weighted by atomic mass is 16.6. The molecule has 1 atom stereocenters. The Hall–Kier alpha value is -2.30. The molecule has 2 N–H and O–H groups in total. The number of hydrogen-bond donors (Lipinski definition) is 2. The van der Waals surface area contributed by atoms with Gasteiger partial charge in [0.1, 0.15) is 0 Å². The average molecular weight is 474 g/mol. The highest BCUT2D eigenvalue weighted by Gasteiger charge is 2.16. The predicted molar refractivity (Wildman–Crippen MR) is 141 cm³/mol. The van der Waals surface area contributed by atoms with Crippen molar-refractivity contribution in [3.8, 4) is 0 Å². The molecule has 0 spiro atoms. The number of nitrogens with one attached hydrogen (secondary N) is 1. The quantitative estimate of drug-likeness (QED) is 0.109. The molecule has 34 heavy (non-hydrogen) atoms. The molecule has 5 heteroatoms. The Labute approximate surface area is 207 Å². The van der Waals surface area contributed by atoms with E-state index in [1.807, 2.05) is 24.3 Å². The van der Waals surface area contributed by atoms with Gasteiger partial charge in [-0.05, 0) is 56.7 Å². The number of carboxylic acid groups (broad SMARTS) is 1. The van der Waals surface area contributed by atoms with E-state index in [0.717, 1.165) is 24.2 Å². The van der Waals surface area contributed by atoms with E-state index in [1.54, 1.807) is 0 Å². The van der Waals surface area contributed by atoms with Crippen LogP contribution < -0.4 is 5.32 Å². The van der Waals surface area contributed by atoms with Gasteiger partial charge in [-0.3, -0.25) is 4.79 Å². The number of rotatable bonds is 21. The van der Waals surface area contributed by atoms with Gasteiger partial charge in [0.25, 0.3) is 0 Å². The minimum Gasteiger partial charge on any atom is -0.479 e. The lowest BCUT2D eigenvalue weighted by molar-refractivity contribution is -0.162. The molecule has 0 saturated carbocycles. The zero-order chi connectivity index (χ0) is 24.9. The molecule has 0 fully saturated rings. The number of carbonyl (C=O) groups is 2. The molecule has 0 heterocycles. The first-order valence-electron chi connectivity index (χ1n) is 13.4. The van der Waals surface area contributed by atoms with Crippen LogP contribution >= 0.6 is 0 Å². The summed E-state index contributed by atoms with van der Waals surface area (Å²) >= 11 is 0. The van der Waals surface area contributed by atoms with Gasteiger partial charge >= 0.3 is 11.9 Å². The van der Waals surface area contributed by atoms with Gasteiger partial charge in [0.2, 0.25) is 0 Å². The summed E-state index contributed by atoms with van der Waals surface area (Å²) in [7, 11) is 0. The van der Waals surface area contributed by atoms with Crippen molar-refractivity contribution in [3.63, 3.8) is 0 Å². The molecule has 1 aromatic rings. The highest BCUT2D eigenvalue weighted by molar-refractivity contribution is 5.78. The molecule has 1 unspecified atom stereocenters. The second kappa shape index (κ2) is 20.1. The van der Waals surface area contributed by atoms with Gasteiger partial charge in [-0.25, -0.2) is 4.79 Å². The fraction of sp³-hybridized carbons (Fsp3) is 0.655. The monoisotopic (exact) mass is 473 g/mol. The average Bonchev–Trinajstić information content (AvgIpc) is 2.82. The Balaban J connectivity index is 1.96. The maximum atomic E-state index is 11.8. The Kier molecular flexibility index (Phi) is 17.6. The van der Waals surface area contributed by atoms with Crippen LogP contribution in [-0.4, -0.2) is 29.7 Å². The van der Waals surface area contributed by atoms with Crippen LogP contribution in [0.3, 0.4) is 0 Å². The second-order valence-electron chi connectivity index (χ2n) is 9.21. The highest BCUT2D eigenvalue weighted by Crippen LogP contribution is 2.13. The molecular weight excluding hydrogens is 426 g/mol. The van der Waals surface area contributed by atoms with Crippen molar-refractivity contribution >= 4 is 17.6 Å². The van der Waals surface area contributed by atoms with Crippen LogP contribution in [0.4, 0.5) is 5.69 Å². The summed E-state index contributed by atoms with van der Waals surface area (Å²) < 4.78 is 4.86. The molecule has 0 aromatic heterocycles. The van der Waals surface area contributed by atoms with Crippen LogP contribution in [0.2, 0.25) is 0 Å². The fourth-order valence-corrected chi connectivity index (χ4v) is 3.80. The molecule has 0 bridgehead atoms. The number of carbonyl (C=O) groups excluding carboxylic acids is 1. The first-order chi connectivity index (χ1) is 16.5. The van der Waals surface area contributed by atoms with E-state index >= 15 is 0 Å². The topological polar surface area (TPSA) is 75.6 Å². The van der Waals surface area contributed by atoms with Crippen LogP contribution in [0, 0.1) is 0 Å². The van der Waals surface area contributed by atoms with E-state index < -0.39 is 18.0 Å². The molecule has 1 aromatic carbocycles. The number of anilines is 1. The molecule has 0 saturated heterocycles. The molecule has 0 amide bonds. The number of esters is 1. The zero-order valence-corrected chi connectivity index (χ0v) is 21.5. The van der Waals surface area contributed by atoms with E-state index in [-0.39, 0.29) is 6.42 Å². The van der Waals surface area contributed by atoms with Gasteiger partial charge < -0.3 is 15.2 Å². The number of ether oxygens (including phenoxy) is 1. The van der Waals surface area contributed by atoms with Gasteiger partial charge in [0.15, 0.2) is 6.10 Å². The van der Waals surface area contributed by atoms with E-state index in [2.05, 4.69) is 24.4 Å². The summed E-state index contributed by atoms with van der Waals surface area (Å²) in [6, 6.07) is 7.64. The van der Waals surface area contributed by atoms with E-state index in [1.165, 1.54) is 90.4 Å². The number of benzene rings is 1. The number of carboxylic acids is 1. The van der Waals surface area contributed by atoms with E-state index in [4.69, 9.17) is 9.84 Å². The summed E-state index contributed by atoms with van der Waals surface area (Å²) in [6.07, 6.45) is 22.1. The van der Waals surface area contributed by atoms with Gasteiger partial charge in [-0.2, -0.15) is 0 Å². The zero-order valence-electron chi connectivity index (χ0n) is 21.5. The molecule has 0 aliphatic rings. The van der Waals surface area contributed by atoms with Crippen molar-refractivity contribution in [1.29, 1.82) is 0 Å². The third-order valence-corrected chi connectivity index (χ3v) is 5.98. The Morgan fingerprint density at radius 1 is 0.853 bits per heavy atom. The van der Waals surface area contributed by atoms with Crippen molar-refractivity contribution < 1.29 is 19.4 Å². The van der Waals surface area contributed by atoms with Crippen molar-refractivity contribution in [2.45, 2.75) is 116 Å². The molecule has 192 valence electrons. The summed E-state index contributed by atoms with van der Waals surface area (Å²) in [5.74, 6) is -1.67. The van der Waals surface area contributed by atoms with Crippen molar-refractivity contribution in [1.82, 2.24) is 0 Å². The first-order valence-corrected chi connectivity index (χ1v) is 13.4. The number of hydrogen-bond acceptors (Lipinski definition) is 4. The lowest BCUT2D eigenvalue weighted by atomic mass is 10.1. The molecule has 0 aliphatic heterocycles. The smallest absolute Gasteiger partial charge is 0.344 e. The largest absolute Gasteiger partial charge is 0.479 e. The van der Waals surface area contributed by atoms with Crippen LogP contribution in [0.1, 0.15) is 109 Å². The predicted octanol–water partition coefficient (Wildman–Crippen LogP) is 7.69. The fourth-order valence-electron chi connectivity index (χ4n) is 3.80. The Bertz CT molecular complexity index is 684. The maximum absolute atomic E-state index is 11.8. The van der Waals surface area contributed by atoms with Crippen molar-refractivity contribution in [2.75, 3.05) is 11.9 Å². The van der Waals surface area contributed by atoms with Crippen LogP contribution in [0.5, 0.6) is 0 Å². The van der Waals surface area contributed by atoms with Gasteiger partial charge in [0.05, 0.1) is 6.42 Å². The Morgan fingerprint density at radius 2 is 1.38 bits per heavy atom.